The summed E-state index contributed by atoms with van der Waals surface area (Å²) in [4.78, 5) is 24.6. The quantitative estimate of drug-likeness (QED) is 0.731. The Labute approximate surface area is 143 Å². The molecule has 128 valence electrons. The Morgan fingerprint density at radius 3 is 2.80 bits per heavy atom. The van der Waals surface area contributed by atoms with Gasteiger partial charge in [-0.15, -0.1) is 0 Å². The SMILES string of the molecule is CCOc1cccc2cc(C(=O)Nc3cc(F)ccc3C)c(=O)oc12. The van der Waals surface area contributed by atoms with Gasteiger partial charge in [0.25, 0.3) is 5.91 Å². The van der Waals surface area contributed by atoms with Crippen molar-refractivity contribution in [3.05, 3.63) is 69.8 Å². The molecule has 0 aliphatic carbocycles. The van der Waals surface area contributed by atoms with Crippen LogP contribution in [0.15, 0.2) is 51.7 Å². The predicted octanol–water partition coefficient (Wildman–Crippen LogP) is 3.89. The first kappa shape index (κ1) is 16.7. The summed E-state index contributed by atoms with van der Waals surface area (Å²) >= 11 is 0. The number of carbonyl (C=O) groups excluding carboxylic acids is 1. The summed E-state index contributed by atoms with van der Waals surface area (Å²) in [5.41, 5.74) is 0.315. The number of halogens is 1. The van der Waals surface area contributed by atoms with Gasteiger partial charge in [-0.2, -0.15) is 0 Å². The van der Waals surface area contributed by atoms with Crippen molar-refractivity contribution >= 4 is 22.6 Å². The molecule has 2 aromatic carbocycles. The molecule has 6 heteroatoms. The number of nitrogens with one attached hydrogen (secondary N) is 1. The van der Waals surface area contributed by atoms with E-state index in [1.165, 1.54) is 18.2 Å². The highest BCUT2D eigenvalue weighted by Gasteiger charge is 2.16. The van der Waals surface area contributed by atoms with Crippen LogP contribution < -0.4 is 15.7 Å². The second-order valence-electron chi connectivity index (χ2n) is 5.47. The van der Waals surface area contributed by atoms with E-state index in [1.807, 2.05) is 6.92 Å². The Bertz CT molecular complexity index is 1010. The zero-order chi connectivity index (χ0) is 18.0. The molecule has 0 atom stereocenters. The molecule has 0 radical (unpaired) electrons. The Morgan fingerprint density at radius 1 is 1.24 bits per heavy atom. The lowest BCUT2D eigenvalue weighted by Crippen LogP contribution is -2.21. The van der Waals surface area contributed by atoms with Crippen molar-refractivity contribution in [1.82, 2.24) is 0 Å². The van der Waals surface area contributed by atoms with Gasteiger partial charge in [-0.25, -0.2) is 9.18 Å². The zero-order valence-electron chi connectivity index (χ0n) is 13.8. The van der Waals surface area contributed by atoms with Crippen molar-refractivity contribution in [3.8, 4) is 5.75 Å². The lowest BCUT2D eigenvalue weighted by Gasteiger charge is -2.09. The van der Waals surface area contributed by atoms with Gasteiger partial charge in [0.15, 0.2) is 11.3 Å². The van der Waals surface area contributed by atoms with E-state index in [9.17, 15) is 14.0 Å². The molecule has 1 heterocycles. The van der Waals surface area contributed by atoms with Crippen molar-refractivity contribution in [2.75, 3.05) is 11.9 Å². The van der Waals surface area contributed by atoms with E-state index in [0.717, 1.165) is 0 Å². The van der Waals surface area contributed by atoms with Crippen LogP contribution in [-0.2, 0) is 0 Å². The summed E-state index contributed by atoms with van der Waals surface area (Å²) < 4.78 is 24.1. The molecule has 0 saturated carbocycles. The standard InChI is InChI=1S/C19H16FNO4/c1-3-24-16-6-4-5-12-9-14(19(23)25-17(12)16)18(22)21-15-10-13(20)8-7-11(15)2/h4-10H,3H2,1-2H3,(H,21,22). The van der Waals surface area contributed by atoms with Crippen LogP contribution >= 0.6 is 0 Å². The smallest absolute Gasteiger partial charge is 0.349 e. The van der Waals surface area contributed by atoms with Gasteiger partial charge >= 0.3 is 5.63 Å². The van der Waals surface area contributed by atoms with Crippen molar-refractivity contribution in [3.63, 3.8) is 0 Å². The third kappa shape index (κ3) is 3.38. The van der Waals surface area contributed by atoms with E-state index >= 15 is 0 Å². The van der Waals surface area contributed by atoms with Crippen molar-refractivity contribution < 1.29 is 18.3 Å². The number of benzene rings is 2. The van der Waals surface area contributed by atoms with E-state index in [0.29, 0.717) is 29.0 Å². The van der Waals surface area contributed by atoms with Crippen molar-refractivity contribution in [1.29, 1.82) is 0 Å². The second-order valence-corrected chi connectivity index (χ2v) is 5.47. The van der Waals surface area contributed by atoms with Crippen LogP contribution in [0, 0.1) is 12.7 Å². The molecule has 3 aromatic rings. The van der Waals surface area contributed by atoms with Gasteiger partial charge in [0.1, 0.15) is 11.4 Å². The van der Waals surface area contributed by atoms with Crippen LogP contribution in [0.5, 0.6) is 5.75 Å². The van der Waals surface area contributed by atoms with Crippen LogP contribution in [0.25, 0.3) is 11.0 Å². The van der Waals surface area contributed by atoms with E-state index in [-0.39, 0.29) is 11.1 Å². The topological polar surface area (TPSA) is 68.5 Å². The highest BCUT2D eigenvalue weighted by Crippen LogP contribution is 2.25. The molecule has 1 aromatic heterocycles. The van der Waals surface area contributed by atoms with Gasteiger partial charge in [0.05, 0.1) is 6.61 Å². The van der Waals surface area contributed by atoms with Crippen LogP contribution in [0.2, 0.25) is 0 Å². The molecule has 3 rings (SSSR count). The highest BCUT2D eigenvalue weighted by atomic mass is 19.1. The number of anilines is 1. The summed E-state index contributed by atoms with van der Waals surface area (Å²) in [5, 5.41) is 3.10. The van der Waals surface area contributed by atoms with Crippen LogP contribution in [0.3, 0.4) is 0 Å². The number of ether oxygens (including phenoxy) is 1. The van der Waals surface area contributed by atoms with Gasteiger partial charge < -0.3 is 14.5 Å². The Balaban J connectivity index is 2.01. The molecular formula is C19H16FNO4. The number of aryl methyl sites for hydroxylation is 1. The van der Waals surface area contributed by atoms with E-state index < -0.39 is 17.3 Å². The minimum Gasteiger partial charge on any atom is -0.490 e. The maximum atomic E-state index is 13.4. The van der Waals surface area contributed by atoms with Crippen LogP contribution in [0.1, 0.15) is 22.8 Å². The largest absolute Gasteiger partial charge is 0.490 e. The number of hydrogen-bond donors (Lipinski definition) is 1. The fourth-order valence-electron chi connectivity index (χ4n) is 2.46. The minimum atomic E-state index is -0.786. The maximum Gasteiger partial charge on any atom is 0.349 e. The van der Waals surface area contributed by atoms with Crippen molar-refractivity contribution in [2.45, 2.75) is 13.8 Å². The number of amides is 1. The Kier molecular flexibility index (Phi) is 4.52. The lowest BCUT2D eigenvalue weighted by atomic mass is 10.1. The van der Waals surface area contributed by atoms with E-state index in [2.05, 4.69) is 5.32 Å². The number of hydrogen-bond acceptors (Lipinski definition) is 4. The number of fused-ring (bicyclic) bond motifs is 1. The fourth-order valence-corrected chi connectivity index (χ4v) is 2.46. The molecule has 25 heavy (non-hydrogen) atoms. The third-order valence-electron chi connectivity index (χ3n) is 3.72. The van der Waals surface area contributed by atoms with Gasteiger partial charge in [0, 0.05) is 11.1 Å². The molecule has 0 unspecified atom stereocenters. The Hall–Kier alpha value is -3.15. The van der Waals surface area contributed by atoms with Crippen LogP contribution in [-0.4, -0.2) is 12.5 Å². The second kappa shape index (κ2) is 6.76. The molecule has 0 saturated heterocycles. The highest BCUT2D eigenvalue weighted by molar-refractivity contribution is 6.06. The molecule has 0 bridgehead atoms. The minimum absolute atomic E-state index is 0.162. The van der Waals surface area contributed by atoms with Gasteiger partial charge in [-0.05, 0) is 43.7 Å². The fraction of sp³-hybridized carbons (Fsp3) is 0.158. The third-order valence-corrected chi connectivity index (χ3v) is 3.72. The first-order chi connectivity index (χ1) is 12.0. The summed E-state index contributed by atoms with van der Waals surface area (Å²) in [6.07, 6.45) is 0. The summed E-state index contributed by atoms with van der Waals surface area (Å²) in [7, 11) is 0. The van der Waals surface area contributed by atoms with E-state index in [4.69, 9.17) is 9.15 Å². The molecule has 1 N–H and O–H groups in total. The van der Waals surface area contributed by atoms with Crippen molar-refractivity contribution in [2.24, 2.45) is 0 Å². The average Bonchev–Trinajstić information content (AvgIpc) is 2.58. The van der Waals surface area contributed by atoms with Gasteiger partial charge in [-0.1, -0.05) is 18.2 Å². The molecule has 5 nitrogen and oxygen atoms in total. The molecule has 0 spiro atoms. The normalized spacial score (nSPS) is 10.7. The summed E-state index contributed by atoms with van der Waals surface area (Å²) in [6, 6.07) is 10.6. The van der Waals surface area contributed by atoms with Crippen LogP contribution in [0.4, 0.5) is 10.1 Å². The maximum absolute atomic E-state index is 13.4. The lowest BCUT2D eigenvalue weighted by molar-refractivity contribution is 0.102. The monoisotopic (exact) mass is 341 g/mol. The van der Waals surface area contributed by atoms with E-state index in [1.54, 1.807) is 31.2 Å². The predicted molar refractivity (Wildman–Crippen MR) is 92.7 cm³/mol. The Morgan fingerprint density at radius 2 is 2.04 bits per heavy atom. The number of para-hydroxylation sites is 1. The van der Waals surface area contributed by atoms with Gasteiger partial charge in [-0.3, -0.25) is 4.79 Å². The first-order valence-corrected chi connectivity index (χ1v) is 7.76. The molecular weight excluding hydrogens is 325 g/mol. The summed E-state index contributed by atoms with van der Waals surface area (Å²) in [6.45, 7) is 3.97. The number of carbonyl (C=O) groups is 1. The first-order valence-electron chi connectivity index (χ1n) is 7.76. The van der Waals surface area contributed by atoms with Gasteiger partial charge in [0.2, 0.25) is 0 Å². The molecule has 0 aliphatic heterocycles. The molecule has 0 fully saturated rings. The molecule has 1 amide bonds. The number of rotatable bonds is 4. The average molecular weight is 341 g/mol. The molecule has 0 aliphatic rings. The summed E-state index contributed by atoms with van der Waals surface area (Å²) in [5.74, 6) is -0.705. The zero-order valence-corrected chi connectivity index (χ0v) is 13.8.